The number of unbranched alkanes of at least 4 members (excludes halogenated alkanes) is 8. The van der Waals surface area contributed by atoms with Crippen LogP contribution in [0.3, 0.4) is 0 Å². The molecule has 0 bridgehead atoms. The minimum atomic E-state index is 1.11. The highest BCUT2D eigenvalue weighted by molar-refractivity contribution is 4.48. The van der Waals surface area contributed by atoms with E-state index in [2.05, 4.69) is 13.8 Å². The van der Waals surface area contributed by atoms with E-state index in [9.17, 15) is 0 Å². The first-order valence-electron chi connectivity index (χ1n) is 5.00. The van der Waals surface area contributed by atoms with Crippen LogP contribution in [0.5, 0.6) is 0 Å². The molecule has 11 heavy (non-hydrogen) atoms. The lowest BCUT2D eigenvalue weighted by molar-refractivity contribution is 0.583. The van der Waals surface area contributed by atoms with E-state index >= 15 is 0 Å². The second kappa shape index (κ2) is 10.0. The fraction of sp³-hybridized carbons (Fsp3) is 0.818. The summed E-state index contributed by atoms with van der Waals surface area (Å²) in [5.74, 6) is 0. The second-order valence-electron chi connectivity index (χ2n) is 3.18. The standard InChI is InChI=1S/C11H22/c1-3-5-7-9-11-10-8-6-4-2/h1-11H2. The predicted octanol–water partition coefficient (Wildman–Crippen LogP) is 4.17. The van der Waals surface area contributed by atoms with Crippen molar-refractivity contribution in [1.82, 2.24) is 0 Å². The molecule has 0 amide bonds. The van der Waals surface area contributed by atoms with Gasteiger partial charge < -0.3 is 0 Å². The molecule has 0 saturated heterocycles. The second-order valence-corrected chi connectivity index (χ2v) is 3.18. The van der Waals surface area contributed by atoms with E-state index in [0.29, 0.717) is 0 Å². The van der Waals surface area contributed by atoms with E-state index in [1.807, 2.05) is 0 Å². The normalized spacial score (nSPS) is 10.4. The van der Waals surface area contributed by atoms with Gasteiger partial charge in [-0.25, -0.2) is 0 Å². The van der Waals surface area contributed by atoms with Gasteiger partial charge in [-0.2, -0.15) is 0 Å². The van der Waals surface area contributed by atoms with Gasteiger partial charge in [-0.05, 0) is 0 Å². The van der Waals surface area contributed by atoms with Crippen molar-refractivity contribution >= 4 is 0 Å². The molecule has 0 aliphatic rings. The largest absolute Gasteiger partial charge is 0.0533 e. The zero-order valence-corrected chi connectivity index (χ0v) is 7.78. The molecule has 0 aliphatic carbocycles. The zero-order chi connectivity index (χ0) is 8.36. The Morgan fingerprint density at radius 1 is 0.455 bits per heavy atom. The van der Waals surface area contributed by atoms with Gasteiger partial charge in [0.2, 0.25) is 0 Å². The Balaban J connectivity index is 2.69. The lowest BCUT2D eigenvalue weighted by Gasteiger charge is -1.98. The lowest BCUT2D eigenvalue weighted by Crippen LogP contribution is -1.79. The molecule has 2 radical (unpaired) electrons. The van der Waals surface area contributed by atoms with Crippen molar-refractivity contribution in [2.24, 2.45) is 0 Å². The first-order valence-corrected chi connectivity index (χ1v) is 5.00. The molecule has 0 aromatic carbocycles. The third-order valence-corrected chi connectivity index (χ3v) is 2.00. The maximum atomic E-state index is 3.82. The molecule has 0 unspecified atom stereocenters. The quantitative estimate of drug-likeness (QED) is 0.460. The topological polar surface area (TPSA) is 0 Å². The zero-order valence-electron chi connectivity index (χ0n) is 7.78. The Labute approximate surface area is 72.4 Å². The molecular weight excluding hydrogens is 132 g/mol. The summed E-state index contributed by atoms with van der Waals surface area (Å²) in [7, 11) is 0. The number of rotatable bonds is 8. The Kier molecular flexibility index (Phi) is 10.0. The van der Waals surface area contributed by atoms with Crippen LogP contribution in [0, 0.1) is 13.8 Å². The van der Waals surface area contributed by atoms with Crippen molar-refractivity contribution in [2.45, 2.75) is 57.8 Å². The first-order chi connectivity index (χ1) is 5.41. The molecule has 0 heteroatoms. The van der Waals surface area contributed by atoms with Crippen LogP contribution in [0.4, 0.5) is 0 Å². The van der Waals surface area contributed by atoms with E-state index in [4.69, 9.17) is 0 Å². The molecule has 0 aliphatic heterocycles. The molecule has 0 atom stereocenters. The first kappa shape index (κ1) is 11.0. The Morgan fingerprint density at radius 2 is 0.727 bits per heavy atom. The van der Waals surface area contributed by atoms with Crippen molar-refractivity contribution < 1.29 is 0 Å². The van der Waals surface area contributed by atoms with E-state index < -0.39 is 0 Å². The third-order valence-electron chi connectivity index (χ3n) is 2.00. The van der Waals surface area contributed by atoms with E-state index in [-0.39, 0.29) is 0 Å². The molecule has 0 rings (SSSR count). The maximum Gasteiger partial charge on any atom is -0.0533 e. The SMILES string of the molecule is [CH2]CCCCCCCCC[CH2]. The van der Waals surface area contributed by atoms with Gasteiger partial charge >= 0.3 is 0 Å². The molecular formula is C11H22. The molecule has 0 fully saturated rings. The van der Waals surface area contributed by atoms with Crippen LogP contribution in [0.2, 0.25) is 0 Å². The van der Waals surface area contributed by atoms with Crippen LogP contribution in [0.25, 0.3) is 0 Å². The smallest absolute Gasteiger partial charge is 0.0533 e. The van der Waals surface area contributed by atoms with Crippen LogP contribution >= 0.6 is 0 Å². The van der Waals surface area contributed by atoms with Gasteiger partial charge in [0.05, 0.1) is 0 Å². The molecule has 0 N–H and O–H groups in total. The van der Waals surface area contributed by atoms with Crippen LogP contribution < -0.4 is 0 Å². The molecule has 0 heterocycles. The van der Waals surface area contributed by atoms with Gasteiger partial charge in [0.15, 0.2) is 0 Å². The van der Waals surface area contributed by atoms with Crippen LogP contribution in [-0.4, -0.2) is 0 Å². The summed E-state index contributed by atoms with van der Waals surface area (Å²) in [6, 6.07) is 0. The molecule has 0 aromatic rings. The van der Waals surface area contributed by atoms with Crippen molar-refractivity contribution in [3.63, 3.8) is 0 Å². The van der Waals surface area contributed by atoms with E-state index in [1.165, 1.54) is 44.9 Å². The van der Waals surface area contributed by atoms with Gasteiger partial charge in [-0.1, -0.05) is 71.6 Å². The number of hydrogen-bond acceptors (Lipinski definition) is 0. The lowest BCUT2D eigenvalue weighted by atomic mass is 10.1. The highest BCUT2D eigenvalue weighted by atomic mass is 13.9. The predicted molar refractivity (Wildman–Crippen MR) is 52.3 cm³/mol. The molecule has 0 aromatic heterocycles. The van der Waals surface area contributed by atoms with Crippen molar-refractivity contribution in [3.05, 3.63) is 13.8 Å². The van der Waals surface area contributed by atoms with Crippen molar-refractivity contribution in [3.8, 4) is 0 Å². The minimum Gasteiger partial charge on any atom is -0.0533 e. The molecule has 66 valence electrons. The molecule has 0 saturated carbocycles. The summed E-state index contributed by atoms with van der Waals surface area (Å²) < 4.78 is 0. The van der Waals surface area contributed by atoms with Crippen molar-refractivity contribution in [1.29, 1.82) is 0 Å². The van der Waals surface area contributed by atoms with Crippen molar-refractivity contribution in [2.75, 3.05) is 0 Å². The average molecular weight is 154 g/mol. The van der Waals surface area contributed by atoms with Crippen LogP contribution in [0.1, 0.15) is 57.8 Å². The van der Waals surface area contributed by atoms with Gasteiger partial charge in [-0.15, -0.1) is 0 Å². The van der Waals surface area contributed by atoms with Gasteiger partial charge in [0.1, 0.15) is 0 Å². The van der Waals surface area contributed by atoms with Gasteiger partial charge in [-0.3, -0.25) is 0 Å². The van der Waals surface area contributed by atoms with E-state index in [1.54, 1.807) is 0 Å². The highest BCUT2D eigenvalue weighted by Gasteiger charge is 1.89. The van der Waals surface area contributed by atoms with E-state index in [0.717, 1.165) is 12.8 Å². The minimum absolute atomic E-state index is 1.11. The Morgan fingerprint density at radius 3 is 1.00 bits per heavy atom. The summed E-state index contributed by atoms with van der Waals surface area (Å²) in [6.45, 7) is 7.65. The monoisotopic (exact) mass is 154 g/mol. The summed E-state index contributed by atoms with van der Waals surface area (Å²) >= 11 is 0. The fourth-order valence-corrected chi connectivity index (χ4v) is 1.24. The highest BCUT2D eigenvalue weighted by Crippen LogP contribution is 2.08. The summed E-state index contributed by atoms with van der Waals surface area (Å²) in [5.41, 5.74) is 0. The molecule has 0 spiro atoms. The van der Waals surface area contributed by atoms with Gasteiger partial charge in [0.25, 0.3) is 0 Å². The fourth-order valence-electron chi connectivity index (χ4n) is 1.24. The molecule has 0 nitrogen and oxygen atoms in total. The summed E-state index contributed by atoms with van der Waals surface area (Å²) in [4.78, 5) is 0. The third kappa shape index (κ3) is 10.0. The Hall–Kier alpha value is 0. The van der Waals surface area contributed by atoms with Crippen LogP contribution in [0.15, 0.2) is 0 Å². The average Bonchev–Trinajstić information content (AvgIpc) is 2.03. The summed E-state index contributed by atoms with van der Waals surface area (Å²) in [6.07, 6.45) is 11.9. The van der Waals surface area contributed by atoms with Gasteiger partial charge in [0, 0.05) is 0 Å². The maximum absolute atomic E-state index is 3.82. The summed E-state index contributed by atoms with van der Waals surface area (Å²) in [5, 5.41) is 0. The number of hydrogen-bond donors (Lipinski definition) is 0. The Bertz CT molecular complexity index is 49.1. The van der Waals surface area contributed by atoms with Crippen LogP contribution in [-0.2, 0) is 0 Å².